The summed E-state index contributed by atoms with van der Waals surface area (Å²) in [7, 11) is 0. The van der Waals surface area contributed by atoms with Gasteiger partial charge < -0.3 is 15.9 Å². The van der Waals surface area contributed by atoms with Gasteiger partial charge in [-0.25, -0.2) is 0 Å². The Bertz CT molecular complexity index is 184. The van der Waals surface area contributed by atoms with E-state index in [1.54, 1.807) is 12.5 Å². The molecule has 1 atom stereocenters. The third-order valence-electron chi connectivity index (χ3n) is 1.69. The Kier molecular flexibility index (Phi) is 3.14. The summed E-state index contributed by atoms with van der Waals surface area (Å²) in [5.74, 6) is 0. The summed E-state index contributed by atoms with van der Waals surface area (Å²) < 4.78 is 4.90. The molecule has 0 aromatic carbocycles. The predicted octanol–water partition coefficient (Wildman–Crippen LogP) is 1.02. The van der Waals surface area contributed by atoms with Crippen LogP contribution in [0, 0.1) is 0 Å². The summed E-state index contributed by atoms with van der Waals surface area (Å²) in [5, 5.41) is 0. The molecule has 0 spiro atoms. The molecule has 3 heteroatoms. The van der Waals surface area contributed by atoms with Crippen molar-refractivity contribution in [1.82, 2.24) is 0 Å². The second-order valence-corrected chi connectivity index (χ2v) is 2.59. The van der Waals surface area contributed by atoms with Crippen LogP contribution in [-0.4, -0.2) is 6.54 Å². The Morgan fingerprint density at radius 1 is 1.55 bits per heavy atom. The smallest absolute Gasteiger partial charge is 0.0950 e. The van der Waals surface area contributed by atoms with E-state index < -0.39 is 0 Å². The molecule has 0 saturated heterocycles. The minimum absolute atomic E-state index is 0.0808. The van der Waals surface area contributed by atoms with Crippen molar-refractivity contribution in [2.75, 3.05) is 6.54 Å². The first-order valence-electron chi connectivity index (χ1n) is 3.82. The maximum absolute atomic E-state index is 5.81. The monoisotopic (exact) mass is 154 g/mol. The van der Waals surface area contributed by atoms with Crippen LogP contribution in [0.1, 0.15) is 24.4 Å². The Labute approximate surface area is 66.4 Å². The zero-order chi connectivity index (χ0) is 8.10. The van der Waals surface area contributed by atoms with Crippen molar-refractivity contribution in [2.45, 2.75) is 18.9 Å². The summed E-state index contributed by atoms with van der Waals surface area (Å²) in [6.45, 7) is 0.700. The zero-order valence-electron chi connectivity index (χ0n) is 6.49. The van der Waals surface area contributed by atoms with Crippen LogP contribution in [0.4, 0.5) is 0 Å². The molecule has 0 radical (unpaired) electrons. The molecule has 1 aromatic rings. The van der Waals surface area contributed by atoms with Crippen molar-refractivity contribution in [2.24, 2.45) is 11.5 Å². The third kappa shape index (κ3) is 2.37. The Morgan fingerprint density at radius 3 is 2.91 bits per heavy atom. The molecule has 11 heavy (non-hydrogen) atoms. The van der Waals surface area contributed by atoms with Crippen molar-refractivity contribution in [1.29, 1.82) is 0 Å². The van der Waals surface area contributed by atoms with E-state index in [1.165, 1.54) is 0 Å². The van der Waals surface area contributed by atoms with Gasteiger partial charge in [0.2, 0.25) is 0 Å². The molecule has 0 aliphatic rings. The number of hydrogen-bond acceptors (Lipinski definition) is 3. The molecule has 62 valence electrons. The van der Waals surface area contributed by atoms with Gasteiger partial charge in [0.15, 0.2) is 0 Å². The van der Waals surface area contributed by atoms with Gasteiger partial charge in [-0.3, -0.25) is 0 Å². The third-order valence-corrected chi connectivity index (χ3v) is 1.69. The molecule has 4 N–H and O–H groups in total. The molecule has 1 heterocycles. The van der Waals surface area contributed by atoms with E-state index in [0.717, 1.165) is 18.4 Å². The van der Waals surface area contributed by atoms with Crippen molar-refractivity contribution < 1.29 is 4.42 Å². The lowest BCUT2D eigenvalue weighted by Crippen LogP contribution is -2.11. The van der Waals surface area contributed by atoms with Crippen LogP contribution in [0.2, 0.25) is 0 Å². The van der Waals surface area contributed by atoms with Gasteiger partial charge in [0.05, 0.1) is 12.5 Å². The van der Waals surface area contributed by atoms with Crippen LogP contribution in [0.5, 0.6) is 0 Å². The fourth-order valence-electron chi connectivity index (χ4n) is 0.990. The van der Waals surface area contributed by atoms with Gasteiger partial charge in [-0.2, -0.15) is 0 Å². The van der Waals surface area contributed by atoms with Crippen molar-refractivity contribution in [3.63, 3.8) is 0 Å². The predicted molar refractivity (Wildman–Crippen MR) is 43.9 cm³/mol. The van der Waals surface area contributed by atoms with Gasteiger partial charge in [-0.05, 0) is 25.5 Å². The first kappa shape index (κ1) is 8.30. The van der Waals surface area contributed by atoms with Crippen molar-refractivity contribution in [3.05, 3.63) is 24.2 Å². The molecule has 3 nitrogen and oxygen atoms in total. The molecule has 0 aliphatic heterocycles. The highest BCUT2D eigenvalue weighted by Crippen LogP contribution is 2.14. The Hall–Kier alpha value is -0.800. The minimum atomic E-state index is 0.0808. The lowest BCUT2D eigenvalue weighted by molar-refractivity contribution is 0.551. The molecular formula is C8H14N2O. The van der Waals surface area contributed by atoms with E-state index in [1.807, 2.05) is 6.07 Å². The van der Waals surface area contributed by atoms with Crippen molar-refractivity contribution >= 4 is 0 Å². The maximum atomic E-state index is 5.81. The molecule has 0 fully saturated rings. The van der Waals surface area contributed by atoms with Crippen molar-refractivity contribution in [3.8, 4) is 0 Å². The minimum Gasteiger partial charge on any atom is -0.472 e. The normalized spacial score (nSPS) is 13.3. The highest BCUT2D eigenvalue weighted by Gasteiger charge is 2.05. The van der Waals surface area contributed by atoms with Gasteiger partial charge in [0, 0.05) is 11.6 Å². The lowest BCUT2D eigenvalue weighted by atomic mass is 10.1. The van der Waals surface area contributed by atoms with Gasteiger partial charge in [0.25, 0.3) is 0 Å². The van der Waals surface area contributed by atoms with Crippen LogP contribution >= 0.6 is 0 Å². The van der Waals surface area contributed by atoms with Gasteiger partial charge >= 0.3 is 0 Å². The van der Waals surface area contributed by atoms with Crippen LogP contribution < -0.4 is 11.5 Å². The second-order valence-electron chi connectivity index (χ2n) is 2.59. The van der Waals surface area contributed by atoms with Crippen LogP contribution in [0.25, 0.3) is 0 Å². The first-order valence-corrected chi connectivity index (χ1v) is 3.82. The molecule has 1 aromatic heterocycles. The highest BCUT2D eigenvalue weighted by atomic mass is 16.3. The van der Waals surface area contributed by atoms with E-state index in [4.69, 9.17) is 15.9 Å². The summed E-state index contributed by atoms with van der Waals surface area (Å²) in [6, 6.07) is 1.97. The second kappa shape index (κ2) is 4.16. The molecule has 0 saturated carbocycles. The Balaban J connectivity index is 2.36. The number of hydrogen-bond donors (Lipinski definition) is 2. The standard InChI is InChI=1S/C8H14N2O/c9-4-1-2-8(10)7-3-5-11-6-7/h3,5-6,8H,1-2,4,9-10H2/t8-/m1/s1. The fourth-order valence-corrected chi connectivity index (χ4v) is 0.990. The fraction of sp³-hybridized carbons (Fsp3) is 0.500. The Morgan fingerprint density at radius 2 is 2.36 bits per heavy atom. The molecule has 0 unspecified atom stereocenters. The van der Waals surface area contributed by atoms with Gasteiger partial charge in [0.1, 0.15) is 0 Å². The summed E-state index contributed by atoms with van der Waals surface area (Å²) in [6.07, 6.45) is 5.21. The van der Waals surface area contributed by atoms with E-state index in [-0.39, 0.29) is 6.04 Å². The largest absolute Gasteiger partial charge is 0.472 e. The maximum Gasteiger partial charge on any atom is 0.0950 e. The van der Waals surface area contributed by atoms with Crippen LogP contribution in [-0.2, 0) is 0 Å². The topological polar surface area (TPSA) is 65.2 Å². The zero-order valence-corrected chi connectivity index (χ0v) is 6.49. The quantitative estimate of drug-likeness (QED) is 0.680. The molecule has 0 aliphatic carbocycles. The summed E-state index contributed by atoms with van der Waals surface area (Å²) in [4.78, 5) is 0. The van der Waals surface area contributed by atoms with E-state index in [9.17, 15) is 0 Å². The van der Waals surface area contributed by atoms with E-state index >= 15 is 0 Å². The SMILES string of the molecule is NCCC[C@@H](N)c1ccoc1. The van der Waals surface area contributed by atoms with E-state index in [0.29, 0.717) is 6.54 Å². The lowest BCUT2D eigenvalue weighted by Gasteiger charge is -2.06. The summed E-state index contributed by atoms with van der Waals surface area (Å²) in [5.41, 5.74) is 12.2. The highest BCUT2D eigenvalue weighted by molar-refractivity contribution is 5.10. The van der Waals surface area contributed by atoms with Gasteiger partial charge in [-0.1, -0.05) is 0 Å². The average molecular weight is 154 g/mol. The average Bonchev–Trinajstić information content (AvgIpc) is 2.52. The molecular weight excluding hydrogens is 140 g/mol. The molecule has 0 bridgehead atoms. The first-order chi connectivity index (χ1) is 5.34. The number of furan rings is 1. The van der Waals surface area contributed by atoms with E-state index in [2.05, 4.69) is 0 Å². The number of rotatable bonds is 4. The molecule has 0 amide bonds. The van der Waals surface area contributed by atoms with Crippen LogP contribution in [0.3, 0.4) is 0 Å². The van der Waals surface area contributed by atoms with Gasteiger partial charge in [-0.15, -0.1) is 0 Å². The van der Waals surface area contributed by atoms with Crippen LogP contribution in [0.15, 0.2) is 23.0 Å². The summed E-state index contributed by atoms with van der Waals surface area (Å²) >= 11 is 0. The number of nitrogens with two attached hydrogens (primary N) is 2. The molecule has 1 rings (SSSR count).